The molecule has 0 saturated heterocycles. The van der Waals surface area contributed by atoms with Crippen molar-refractivity contribution in [1.29, 1.82) is 0 Å². The highest BCUT2D eigenvalue weighted by Crippen LogP contribution is 2.14. The molecule has 0 saturated carbocycles. The van der Waals surface area contributed by atoms with E-state index in [-0.39, 0.29) is 44.0 Å². The second-order valence-corrected chi connectivity index (χ2v) is 17.4. The minimum Gasteiger partial charge on any atom is -0.462 e. The number of unbranched alkanes of at least 4 members (excludes halogenated alkanes) is 20. The molecule has 1 unspecified atom stereocenters. The van der Waals surface area contributed by atoms with Crippen molar-refractivity contribution in [2.75, 3.05) is 13.2 Å². The summed E-state index contributed by atoms with van der Waals surface area (Å²) >= 11 is 0. The maximum Gasteiger partial charge on any atom is 0.306 e. The van der Waals surface area contributed by atoms with E-state index in [2.05, 4.69) is 118 Å². The van der Waals surface area contributed by atoms with Crippen LogP contribution in [0, 0.1) is 0 Å². The largest absolute Gasteiger partial charge is 0.462 e. The van der Waals surface area contributed by atoms with Gasteiger partial charge < -0.3 is 14.2 Å². The van der Waals surface area contributed by atoms with Crippen LogP contribution in [0.4, 0.5) is 0 Å². The van der Waals surface area contributed by atoms with Gasteiger partial charge in [-0.1, -0.05) is 227 Å². The van der Waals surface area contributed by atoms with Gasteiger partial charge in [-0.15, -0.1) is 0 Å². The van der Waals surface area contributed by atoms with Crippen LogP contribution in [0.1, 0.15) is 239 Å². The summed E-state index contributed by atoms with van der Waals surface area (Å²) in [6.45, 7) is 6.42. The molecule has 0 N–H and O–H groups in total. The van der Waals surface area contributed by atoms with E-state index < -0.39 is 6.10 Å². The maximum atomic E-state index is 12.8. The summed E-state index contributed by atoms with van der Waals surface area (Å²) in [4.78, 5) is 38.0. The summed E-state index contributed by atoms with van der Waals surface area (Å²) in [5.41, 5.74) is 0. The highest BCUT2D eigenvalue weighted by molar-refractivity contribution is 5.71. The van der Waals surface area contributed by atoms with Gasteiger partial charge in [0, 0.05) is 19.3 Å². The van der Waals surface area contributed by atoms with E-state index in [1.807, 2.05) is 0 Å². The predicted molar refractivity (Wildman–Crippen MR) is 279 cm³/mol. The molecule has 6 nitrogen and oxygen atoms in total. The minimum absolute atomic E-state index is 0.114. The van der Waals surface area contributed by atoms with Crippen molar-refractivity contribution in [3.63, 3.8) is 0 Å². The van der Waals surface area contributed by atoms with Crippen molar-refractivity contribution >= 4 is 17.9 Å². The molecule has 6 heteroatoms. The quantitative estimate of drug-likeness (QED) is 0.0262. The molecule has 0 aliphatic heterocycles. The fourth-order valence-electron chi connectivity index (χ4n) is 7.08. The molecule has 1 atom stereocenters. The van der Waals surface area contributed by atoms with Crippen molar-refractivity contribution in [2.45, 2.75) is 245 Å². The first-order valence-corrected chi connectivity index (χ1v) is 26.7. The van der Waals surface area contributed by atoms with Gasteiger partial charge in [0.2, 0.25) is 0 Å². The topological polar surface area (TPSA) is 78.9 Å². The molecule has 0 rings (SSSR count). The van der Waals surface area contributed by atoms with E-state index in [1.54, 1.807) is 0 Å². The van der Waals surface area contributed by atoms with E-state index >= 15 is 0 Å². The van der Waals surface area contributed by atoms with E-state index in [4.69, 9.17) is 14.2 Å². The molecule has 65 heavy (non-hydrogen) atoms. The number of hydrogen-bond donors (Lipinski definition) is 0. The van der Waals surface area contributed by atoms with Gasteiger partial charge in [0.15, 0.2) is 6.10 Å². The second-order valence-electron chi connectivity index (χ2n) is 17.4. The number of rotatable bonds is 47. The lowest BCUT2D eigenvalue weighted by atomic mass is 10.0. The summed E-state index contributed by atoms with van der Waals surface area (Å²) < 4.78 is 16.7. The third-order valence-corrected chi connectivity index (χ3v) is 11.1. The van der Waals surface area contributed by atoms with Gasteiger partial charge in [-0.3, -0.25) is 14.4 Å². The summed E-state index contributed by atoms with van der Waals surface area (Å²) in [6.07, 6.45) is 69.7. The van der Waals surface area contributed by atoms with Crippen LogP contribution in [-0.2, 0) is 28.6 Å². The van der Waals surface area contributed by atoms with Crippen LogP contribution >= 0.6 is 0 Å². The average Bonchev–Trinajstić information content (AvgIpc) is 3.30. The molecule has 0 spiro atoms. The maximum absolute atomic E-state index is 12.8. The van der Waals surface area contributed by atoms with Crippen LogP contribution in [0.2, 0.25) is 0 Å². The molecular weight excluding hydrogens is 805 g/mol. The van der Waals surface area contributed by atoms with Crippen molar-refractivity contribution in [1.82, 2.24) is 0 Å². The molecule has 0 aromatic heterocycles. The number of carbonyl (C=O) groups is 3. The Bertz CT molecular complexity index is 1310. The summed E-state index contributed by atoms with van der Waals surface area (Å²) in [5.74, 6) is -1.03. The Morgan fingerprint density at radius 1 is 0.323 bits per heavy atom. The zero-order valence-corrected chi connectivity index (χ0v) is 42.2. The third-order valence-electron chi connectivity index (χ3n) is 11.1. The molecule has 0 aromatic rings. The Balaban J connectivity index is 4.56. The van der Waals surface area contributed by atoms with Crippen molar-refractivity contribution in [3.8, 4) is 0 Å². The fraction of sp³-hybridized carbons (Fsp3) is 0.678. The molecule has 0 aliphatic carbocycles. The number of carbonyl (C=O) groups excluding carboxylic acids is 3. The molecule has 0 aromatic carbocycles. The van der Waals surface area contributed by atoms with E-state index in [0.29, 0.717) is 19.3 Å². The van der Waals surface area contributed by atoms with Gasteiger partial charge in [0.1, 0.15) is 13.2 Å². The Kier molecular flexibility index (Phi) is 50.0. The zero-order chi connectivity index (χ0) is 47.2. The Morgan fingerprint density at radius 3 is 1.00 bits per heavy atom. The van der Waals surface area contributed by atoms with Crippen LogP contribution in [0.3, 0.4) is 0 Å². The normalized spacial score (nSPS) is 12.8. The van der Waals surface area contributed by atoms with Gasteiger partial charge >= 0.3 is 17.9 Å². The zero-order valence-electron chi connectivity index (χ0n) is 42.2. The second kappa shape index (κ2) is 52.9. The van der Waals surface area contributed by atoms with E-state index in [0.717, 1.165) is 77.0 Å². The average molecular weight is 903 g/mol. The molecule has 0 fully saturated rings. The molecule has 0 heterocycles. The Hall–Kier alpha value is -3.67. The van der Waals surface area contributed by atoms with Gasteiger partial charge in [-0.25, -0.2) is 0 Å². The lowest BCUT2D eigenvalue weighted by Crippen LogP contribution is -2.30. The predicted octanol–water partition coefficient (Wildman–Crippen LogP) is 17.8. The Labute approximate surface area is 400 Å². The summed E-state index contributed by atoms with van der Waals surface area (Å²) in [5, 5.41) is 0. The molecular formula is C59H98O6. The van der Waals surface area contributed by atoms with E-state index in [9.17, 15) is 14.4 Å². The first-order valence-electron chi connectivity index (χ1n) is 26.7. The highest BCUT2D eigenvalue weighted by Gasteiger charge is 2.19. The van der Waals surface area contributed by atoms with Crippen LogP contribution < -0.4 is 0 Å². The molecule has 0 radical (unpaired) electrons. The van der Waals surface area contributed by atoms with Gasteiger partial charge in [-0.2, -0.15) is 0 Å². The highest BCUT2D eigenvalue weighted by atomic mass is 16.6. The SMILES string of the molecule is CC/C=C\C/C=C\C/C=C\C/C=C\C/C=C\CCCC(=O)OCC(COC(=O)CCCCCCCCCCCCCCC)OC(=O)CCC/C=C\C/C=C\C/C=C\CCCCCCCC. The monoisotopic (exact) mass is 903 g/mol. The standard InChI is InChI=1S/C59H98O6/c1-4-7-10-13-16-19-22-25-27-29-31-34-37-40-43-46-49-52-58(61)64-55-56(54-63-57(60)51-48-45-42-39-36-33-24-21-18-15-12-9-6-3)65-59(62)53-50-47-44-41-38-35-32-30-28-26-23-20-17-14-11-8-5-2/h7,10,16,19,25-28,31-32,34-35,40-41,43-44,56H,4-6,8-9,11-15,17-18,20-24,29-30,33,36-39,42,45-55H2,1-3H3/b10-7-,19-16-,27-25-,28-26-,34-31-,35-32-,43-40-,44-41-. The van der Waals surface area contributed by atoms with Crippen molar-refractivity contribution < 1.29 is 28.6 Å². The molecule has 370 valence electrons. The van der Waals surface area contributed by atoms with Crippen molar-refractivity contribution in [2.24, 2.45) is 0 Å². The van der Waals surface area contributed by atoms with Crippen LogP contribution in [-0.4, -0.2) is 37.2 Å². The van der Waals surface area contributed by atoms with Crippen molar-refractivity contribution in [3.05, 3.63) is 97.2 Å². The number of esters is 3. The van der Waals surface area contributed by atoms with E-state index in [1.165, 1.54) is 109 Å². The molecule has 0 aliphatic rings. The van der Waals surface area contributed by atoms with Gasteiger partial charge in [-0.05, 0) is 89.9 Å². The van der Waals surface area contributed by atoms with Crippen LogP contribution in [0.25, 0.3) is 0 Å². The summed E-state index contributed by atoms with van der Waals surface area (Å²) in [7, 11) is 0. The first-order chi connectivity index (χ1) is 32.0. The fourth-order valence-corrected chi connectivity index (χ4v) is 7.08. The first kappa shape index (κ1) is 61.3. The van der Waals surface area contributed by atoms with Gasteiger partial charge in [0.25, 0.3) is 0 Å². The molecule has 0 bridgehead atoms. The number of ether oxygens (including phenoxy) is 3. The smallest absolute Gasteiger partial charge is 0.306 e. The van der Waals surface area contributed by atoms with Crippen LogP contribution in [0.5, 0.6) is 0 Å². The number of hydrogen-bond acceptors (Lipinski definition) is 6. The Morgan fingerprint density at radius 2 is 0.615 bits per heavy atom. The third kappa shape index (κ3) is 51.2. The lowest BCUT2D eigenvalue weighted by Gasteiger charge is -2.18. The lowest BCUT2D eigenvalue weighted by molar-refractivity contribution is -0.167. The summed E-state index contributed by atoms with van der Waals surface area (Å²) in [6, 6.07) is 0. The van der Waals surface area contributed by atoms with Gasteiger partial charge in [0.05, 0.1) is 0 Å². The minimum atomic E-state index is -0.825. The molecule has 0 amide bonds. The van der Waals surface area contributed by atoms with Crippen LogP contribution in [0.15, 0.2) is 97.2 Å². The number of allylic oxidation sites excluding steroid dienone is 16.